The Hall–Kier alpha value is -1.14. The molecular weight excluding hydrogens is 312 g/mol. The van der Waals surface area contributed by atoms with Crippen molar-refractivity contribution in [3.8, 4) is 0 Å². The van der Waals surface area contributed by atoms with E-state index in [0.29, 0.717) is 23.2 Å². The number of ether oxygens (including phenoxy) is 1. The van der Waals surface area contributed by atoms with Crippen LogP contribution in [0.15, 0.2) is 16.6 Å². The average molecular weight is 331 g/mol. The lowest BCUT2D eigenvalue weighted by atomic mass is 10.2. The second-order valence-electron chi connectivity index (χ2n) is 4.27. The number of rotatable bonds is 8. The fraction of sp³-hybridized carbons (Fsp3) is 0.538. The van der Waals surface area contributed by atoms with Gasteiger partial charge in [-0.3, -0.25) is 10.1 Å². The topological polar surface area (TPSA) is 64.4 Å². The molecular formula is C13H19BrN2O3. The van der Waals surface area contributed by atoms with Gasteiger partial charge in [-0.2, -0.15) is 0 Å². The van der Waals surface area contributed by atoms with Gasteiger partial charge < -0.3 is 10.1 Å². The van der Waals surface area contributed by atoms with E-state index in [4.69, 9.17) is 4.74 Å². The highest BCUT2D eigenvalue weighted by atomic mass is 79.9. The Kier molecular flexibility index (Phi) is 6.80. The maximum Gasteiger partial charge on any atom is 0.273 e. The summed E-state index contributed by atoms with van der Waals surface area (Å²) < 4.78 is 6.13. The molecule has 0 saturated heterocycles. The van der Waals surface area contributed by atoms with Crippen LogP contribution in [0.3, 0.4) is 0 Å². The molecule has 1 aromatic rings. The van der Waals surface area contributed by atoms with Crippen LogP contribution in [-0.4, -0.2) is 24.7 Å². The van der Waals surface area contributed by atoms with Crippen LogP contribution in [0.4, 0.5) is 11.4 Å². The number of unbranched alkanes of at least 4 members (excludes halogenated alkanes) is 1. The van der Waals surface area contributed by atoms with Gasteiger partial charge >= 0.3 is 0 Å². The lowest BCUT2D eigenvalue weighted by molar-refractivity contribution is -0.385. The first kappa shape index (κ1) is 15.9. The smallest absolute Gasteiger partial charge is 0.273 e. The first-order valence-electron chi connectivity index (χ1n) is 6.32. The van der Waals surface area contributed by atoms with Gasteiger partial charge in [-0.05, 0) is 35.3 Å². The van der Waals surface area contributed by atoms with E-state index in [0.717, 1.165) is 25.1 Å². The fourth-order valence-electron chi connectivity index (χ4n) is 1.61. The number of nitrogens with zero attached hydrogens (tertiary/aromatic N) is 1. The molecule has 0 heterocycles. The Morgan fingerprint density at radius 2 is 2.16 bits per heavy atom. The van der Waals surface area contributed by atoms with E-state index in [-0.39, 0.29) is 10.6 Å². The standard InChI is InChI=1S/C13H19BrN2O3/c1-3-4-6-19-7-5-15-12-8-10(2)13(16(17)18)9-11(12)14/h8-9,15H,3-7H2,1-2H3. The summed E-state index contributed by atoms with van der Waals surface area (Å²) in [5.41, 5.74) is 1.61. The van der Waals surface area contributed by atoms with Gasteiger partial charge in [0, 0.05) is 34.9 Å². The molecule has 0 amide bonds. The van der Waals surface area contributed by atoms with E-state index >= 15 is 0 Å². The molecule has 5 nitrogen and oxygen atoms in total. The molecule has 0 aliphatic heterocycles. The van der Waals surface area contributed by atoms with E-state index in [9.17, 15) is 10.1 Å². The van der Waals surface area contributed by atoms with Crippen molar-refractivity contribution in [2.24, 2.45) is 0 Å². The summed E-state index contributed by atoms with van der Waals surface area (Å²) in [4.78, 5) is 10.4. The third kappa shape index (κ3) is 5.16. The van der Waals surface area contributed by atoms with Gasteiger partial charge in [-0.25, -0.2) is 0 Å². The van der Waals surface area contributed by atoms with Crippen LogP contribution in [0.5, 0.6) is 0 Å². The van der Waals surface area contributed by atoms with Crippen LogP contribution < -0.4 is 5.32 Å². The number of nitro groups is 1. The second kappa shape index (κ2) is 8.12. The predicted molar refractivity (Wildman–Crippen MR) is 79.8 cm³/mol. The summed E-state index contributed by atoms with van der Waals surface area (Å²) in [5.74, 6) is 0. The molecule has 0 aromatic heterocycles. The van der Waals surface area contributed by atoms with Gasteiger partial charge in [0.25, 0.3) is 5.69 Å². The fourth-order valence-corrected chi connectivity index (χ4v) is 2.08. The summed E-state index contributed by atoms with van der Waals surface area (Å²) in [7, 11) is 0. The van der Waals surface area contributed by atoms with Crippen LogP contribution in [0.1, 0.15) is 25.3 Å². The number of aryl methyl sites for hydroxylation is 1. The minimum Gasteiger partial charge on any atom is -0.382 e. The summed E-state index contributed by atoms with van der Waals surface area (Å²) in [6, 6.07) is 3.30. The van der Waals surface area contributed by atoms with Gasteiger partial charge in [0.2, 0.25) is 0 Å². The Bertz CT molecular complexity index is 438. The zero-order chi connectivity index (χ0) is 14.3. The predicted octanol–water partition coefficient (Wildman–Crippen LogP) is 3.89. The average Bonchev–Trinajstić information content (AvgIpc) is 2.36. The van der Waals surface area contributed by atoms with Gasteiger partial charge in [-0.15, -0.1) is 0 Å². The van der Waals surface area contributed by atoms with E-state index in [1.54, 1.807) is 13.0 Å². The summed E-state index contributed by atoms with van der Waals surface area (Å²) in [6.07, 6.45) is 2.20. The van der Waals surface area contributed by atoms with Crippen LogP contribution in [-0.2, 0) is 4.74 Å². The third-order valence-electron chi connectivity index (χ3n) is 2.69. The molecule has 6 heteroatoms. The number of halogens is 1. The number of nitrogens with one attached hydrogen (secondary N) is 1. The molecule has 0 aliphatic carbocycles. The molecule has 0 saturated carbocycles. The molecule has 0 bridgehead atoms. The Labute approximate surface area is 121 Å². The first-order chi connectivity index (χ1) is 9.06. The monoisotopic (exact) mass is 330 g/mol. The number of hydrogen-bond acceptors (Lipinski definition) is 4. The van der Waals surface area contributed by atoms with Crippen molar-refractivity contribution in [3.05, 3.63) is 32.3 Å². The first-order valence-corrected chi connectivity index (χ1v) is 7.11. The number of benzene rings is 1. The van der Waals surface area contributed by atoms with Crippen LogP contribution >= 0.6 is 15.9 Å². The van der Waals surface area contributed by atoms with E-state index in [2.05, 4.69) is 28.2 Å². The Morgan fingerprint density at radius 1 is 1.42 bits per heavy atom. The highest BCUT2D eigenvalue weighted by molar-refractivity contribution is 9.10. The molecule has 0 fully saturated rings. The van der Waals surface area contributed by atoms with Crippen molar-refractivity contribution in [1.82, 2.24) is 0 Å². The number of anilines is 1. The number of nitro benzene ring substituents is 1. The van der Waals surface area contributed by atoms with Crippen molar-refractivity contribution in [1.29, 1.82) is 0 Å². The maximum absolute atomic E-state index is 10.8. The Balaban J connectivity index is 2.50. The third-order valence-corrected chi connectivity index (χ3v) is 3.34. The maximum atomic E-state index is 10.8. The van der Waals surface area contributed by atoms with Crippen molar-refractivity contribution < 1.29 is 9.66 Å². The van der Waals surface area contributed by atoms with E-state index in [1.807, 2.05) is 0 Å². The molecule has 0 atom stereocenters. The minimum atomic E-state index is -0.377. The van der Waals surface area contributed by atoms with Crippen molar-refractivity contribution in [2.75, 3.05) is 25.1 Å². The highest BCUT2D eigenvalue weighted by Crippen LogP contribution is 2.30. The quantitative estimate of drug-likeness (QED) is 0.446. The van der Waals surface area contributed by atoms with Crippen LogP contribution in [0, 0.1) is 17.0 Å². The summed E-state index contributed by atoms with van der Waals surface area (Å²) in [5, 5.41) is 14.0. The molecule has 19 heavy (non-hydrogen) atoms. The molecule has 0 unspecified atom stereocenters. The Morgan fingerprint density at radius 3 is 2.79 bits per heavy atom. The molecule has 0 aliphatic rings. The van der Waals surface area contributed by atoms with E-state index in [1.165, 1.54) is 6.07 Å². The molecule has 1 aromatic carbocycles. The molecule has 0 spiro atoms. The van der Waals surface area contributed by atoms with Gasteiger partial charge in [0.15, 0.2) is 0 Å². The molecule has 1 N–H and O–H groups in total. The largest absolute Gasteiger partial charge is 0.382 e. The minimum absolute atomic E-state index is 0.122. The molecule has 106 valence electrons. The summed E-state index contributed by atoms with van der Waals surface area (Å²) >= 11 is 3.34. The van der Waals surface area contributed by atoms with Gasteiger partial charge in [0.05, 0.1) is 11.5 Å². The normalized spacial score (nSPS) is 10.5. The highest BCUT2D eigenvalue weighted by Gasteiger charge is 2.13. The zero-order valence-electron chi connectivity index (χ0n) is 11.2. The van der Waals surface area contributed by atoms with Gasteiger partial charge in [0.1, 0.15) is 0 Å². The van der Waals surface area contributed by atoms with Crippen molar-refractivity contribution >= 4 is 27.3 Å². The van der Waals surface area contributed by atoms with Crippen LogP contribution in [0.25, 0.3) is 0 Å². The lowest BCUT2D eigenvalue weighted by Gasteiger charge is -2.10. The van der Waals surface area contributed by atoms with E-state index < -0.39 is 0 Å². The summed E-state index contributed by atoms with van der Waals surface area (Å²) in [6.45, 7) is 5.94. The lowest BCUT2D eigenvalue weighted by Crippen LogP contribution is -2.10. The van der Waals surface area contributed by atoms with Crippen molar-refractivity contribution in [2.45, 2.75) is 26.7 Å². The number of hydrogen-bond donors (Lipinski definition) is 1. The molecule has 0 radical (unpaired) electrons. The molecule has 1 rings (SSSR count). The van der Waals surface area contributed by atoms with Crippen molar-refractivity contribution in [3.63, 3.8) is 0 Å². The van der Waals surface area contributed by atoms with Gasteiger partial charge in [-0.1, -0.05) is 13.3 Å². The zero-order valence-corrected chi connectivity index (χ0v) is 12.8. The van der Waals surface area contributed by atoms with Crippen LogP contribution in [0.2, 0.25) is 0 Å². The SMILES string of the molecule is CCCCOCCNc1cc(C)c([N+](=O)[O-])cc1Br. The second-order valence-corrected chi connectivity index (χ2v) is 5.12.